The highest BCUT2D eigenvalue weighted by molar-refractivity contribution is 5.84. The topological polar surface area (TPSA) is 71.7 Å². The molecule has 17 heavy (non-hydrogen) atoms. The first-order valence-corrected chi connectivity index (χ1v) is 5.81. The van der Waals surface area contributed by atoms with E-state index in [9.17, 15) is 4.79 Å². The lowest BCUT2D eigenvalue weighted by molar-refractivity contribution is 0.0659. The molecular weight excluding hydrogens is 222 g/mol. The van der Waals surface area contributed by atoms with Crippen LogP contribution >= 0.6 is 0 Å². The van der Waals surface area contributed by atoms with Crippen LogP contribution < -0.4 is 5.32 Å². The molecule has 5 nitrogen and oxygen atoms in total. The van der Waals surface area contributed by atoms with Gasteiger partial charge < -0.3 is 19.6 Å². The maximum Gasteiger partial charge on any atom is 0.371 e. The van der Waals surface area contributed by atoms with Gasteiger partial charge in [0.1, 0.15) is 5.76 Å². The second kappa shape index (κ2) is 5.33. The molecule has 0 aromatic carbocycles. The number of furan rings is 1. The molecule has 1 saturated heterocycles. The van der Waals surface area contributed by atoms with Gasteiger partial charge in [0.2, 0.25) is 5.76 Å². The van der Waals surface area contributed by atoms with E-state index in [1.165, 1.54) is 6.07 Å². The highest BCUT2D eigenvalue weighted by Crippen LogP contribution is 2.18. The van der Waals surface area contributed by atoms with Crippen molar-refractivity contribution in [2.24, 2.45) is 5.92 Å². The quantitative estimate of drug-likeness (QED) is 0.817. The van der Waals surface area contributed by atoms with Gasteiger partial charge >= 0.3 is 5.97 Å². The minimum atomic E-state index is -1.03. The SMILES string of the molecule is CC(NCC1CCOC1)c1ccc(C(=O)O)o1. The van der Waals surface area contributed by atoms with E-state index in [0.717, 1.165) is 26.2 Å². The van der Waals surface area contributed by atoms with Gasteiger partial charge in [0, 0.05) is 13.2 Å². The molecule has 0 radical (unpaired) electrons. The highest BCUT2D eigenvalue weighted by Gasteiger charge is 2.18. The second-order valence-electron chi connectivity index (χ2n) is 4.37. The van der Waals surface area contributed by atoms with Crippen LogP contribution in [0.5, 0.6) is 0 Å². The van der Waals surface area contributed by atoms with E-state index in [4.69, 9.17) is 14.3 Å². The van der Waals surface area contributed by atoms with Crippen molar-refractivity contribution in [3.63, 3.8) is 0 Å². The number of carbonyl (C=O) groups is 1. The van der Waals surface area contributed by atoms with Crippen LogP contribution in [-0.4, -0.2) is 30.8 Å². The van der Waals surface area contributed by atoms with Crippen LogP contribution in [0.25, 0.3) is 0 Å². The number of rotatable bonds is 5. The summed E-state index contributed by atoms with van der Waals surface area (Å²) in [7, 11) is 0. The molecule has 1 aromatic heterocycles. The van der Waals surface area contributed by atoms with E-state index >= 15 is 0 Å². The molecule has 0 aliphatic carbocycles. The van der Waals surface area contributed by atoms with Crippen molar-refractivity contribution >= 4 is 5.97 Å². The maximum atomic E-state index is 10.7. The zero-order valence-corrected chi connectivity index (χ0v) is 9.81. The van der Waals surface area contributed by atoms with Gasteiger partial charge in [-0.05, 0) is 31.4 Å². The van der Waals surface area contributed by atoms with Crippen LogP contribution in [-0.2, 0) is 4.74 Å². The van der Waals surface area contributed by atoms with Crippen molar-refractivity contribution < 1.29 is 19.1 Å². The smallest absolute Gasteiger partial charge is 0.371 e. The Labute approximate surface area is 99.8 Å². The zero-order valence-electron chi connectivity index (χ0n) is 9.81. The Kier molecular flexibility index (Phi) is 3.81. The summed E-state index contributed by atoms with van der Waals surface area (Å²) in [6, 6.07) is 3.20. The molecule has 2 unspecified atom stereocenters. The van der Waals surface area contributed by atoms with E-state index in [2.05, 4.69) is 5.32 Å². The number of hydrogen-bond donors (Lipinski definition) is 2. The van der Waals surface area contributed by atoms with Gasteiger partial charge in [-0.3, -0.25) is 0 Å². The predicted octanol–water partition coefficient (Wildman–Crippen LogP) is 1.66. The van der Waals surface area contributed by atoms with Crippen molar-refractivity contribution in [1.82, 2.24) is 5.32 Å². The van der Waals surface area contributed by atoms with Crippen molar-refractivity contribution in [2.75, 3.05) is 19.8 Å². The van der Waals surface area contributed by atoms with Crippen molar-refractivity contribution in [3.8, 4) is 0 Å². The molecule has 1 fully saturated rings. The Morgan fingerprint density at radius 2 is 2.47 bits per heavy atom. The van der Waals surface area contributed by atoms with E-state index in [-0.39, 0.29) is 11.8 Å². The van der Waals surface area contributed by atoms with Gasteiger partial charge in [0.15, 0.2) is 0 Å². The fourth-order valence-electron chi connectivity index (χ4n) is 1.89. The van der Waals surface area contributed by atoms with Gasteiger partial charge in [-0.15, -0.1) is 0 Å². The number of carboxylic acids is 1. The number of ether oxygens (including phenoxy) is 1. The van der Waals surface area contributed by atoms with Crippen LogP contribution in [0.4, 0.5) is 0 Å². The number of carboxylic acid groups (broad SMARTS) is 1. The van der Waals surface area contributed by atoms with Crippen LogP contribution in [0.3, 0.4) is 0 Å². The molecule has 0 spiro atoms. The Morgan fingerprint density at radius 3 is 3.06 bits per heavy atom. The fraction of sp³-hybridized carbons (Fsp3) is 0.583. The molecule has 5 heteroatoms. The first-order chi connectivity index (χ1) is 8.16. The predicted molar refractivity (Wildman–Crippen MR) is 61.0 cm³/mol. The summed E-state index contributed by atoms with van der Waals surface area (Å²) in [4.78, 5) is 10.7. The van der Waals surface area contributed by atoms with Crippen LogP contribution in [0.2, 0.25) is 0 Å². The van der Waals surface area contributed by atoms with E-state index in [0.29, 0.717) is 11.7 Å². The molecule has 94 valence electrons. The lowest BCUT2D eigenvalue weighted by Gasteiger charge is -2.14. The molecule has 2 N–H and O–H groups in total. The van der Waals surface area contributed by atoms with Gasteiger partial charge in [0.05, 0.1) is 12.6 Å². The lowest BCUT2D eigenvalue weighted by atomic mass is 10.1. The van der Waals surface area contributed by atoms with Crippen LogP contribution in [0.15, 0.2) is 16.5 Å². The summed E-state index contributed by atoms with van der Waals surface area (Å²) in [6.45, 7) is 4.47. The maximum absolute atomic E-state index is 10.7. The van der Waals surface area contributed by atoms with Crippen molar-refractivity contribution in [3.05, 3.63) is 23.7 Å². The van der Waals surface area contributed by atoms with Crippen molar-refractivity contribution in [1.29, 1.82) is 0 Å². The fourth-order valence-corrected chi connectivity index (χ4v) is 1.89. The van der Waals surface area contributed by atoms with E-state index in [1.807, 2.05) is 6.92 Å². The number of aromatic carboxylic acids is 1. The summed E-state index contributed by atoms with van der Waals surface area (Å²) < 4.78 is 10.5. The van der Waals surface area contributed by atoms with Gasteiger partial charge in [-0.25, -0.2) is 4.79 Å². The Balaban J connectivity index is 1.85. The van der Waals surface area contributed by atoms with E-state index < -0.39 is 5.97 Å². The average molecular weight is 239 g/mol. The zero-order chi connectivity index (χ0) is 12.3. The van der Waals surface area contributed by atoms with Crippen molar-refractivity contribution in [2.45, 2.75) is 19.4 Å². The molecule has 0 bridgehead atoms. The molecule has 1 aliphatic heterocycles. The molecule has 2 atom stereocenters. The third-order valence-corrected chi connectivity index (χ3v) is 3.00. The first kappa shape index (κ1) is 12.1. The Bertz CT molecular complexity index is 382. The molecule has 2 heterocycles. The second-order valence-corrected chi connectivity index (χ2v) is 4.37. The average Bonchev–Trinajstić information content (AvgIpc) is 2.96. The molecule has 0 saturated carbocycles. The monoisotopic (exact) mass is 239 g/mol. The molecule has 1 aromatic rings. The largest absolute Gasteiger partial charge is 0.475 e. The molecule has 1 aliphatic rings. The third kappa shape index (κ3) is 3.08. The minimum absolute atomic E-state index is 0.0159. The summed E-state index contributed by atoms with van der Waals surface area (Å²) in [5, 5.41) is 12.1. The normalized spacial score (nSPS) is 21.6. The Hall–Kier alpha value is -1.33. The number of hydrogen-bond acceptors (Lipinski definition) is 4. The third-order valence-electron chi connectivity index (χ3n) is 3.00. The first-order valence-electron chi connectivity index (χ1n) is 5.81. The van der Waals surface area contributed by atoms with Gasteiger partial charge in [-0.2, -0.15) is 0 Å². The number of nitrogens with one attached hydrogen (secondary N) is 1. The summed E-state index contributed by atoms with van der Waals surface area (Å²) >= 11 is 0. The van der Waals surface area contributed by atoms with Gasteiger partial charge in [-0.1, -0.05) is 0 Å². The molecule has 2 rings (SSSR count). The minimum Gasteiger partial charge on any atom is -0.475 e. The highest BCUT2D eigenvalue weighted by atomic mass is 16.5. The Morgan fingerprint density at radius 1 is 1.65 bits per heavy atom. The molecule has 0 amide bonds. The van der Waals surface area contributed by atoms with Gasteiger partial charge in [0.25, 0.3) is 0 Å². The standard InChI is InChI=1S/C12H17NO4/c1-8(13-6-9-4-5-16-7-9)10-2-3-11(17-10)12(14)15/h2-3,8-9,13H,4-7H2,1H3,(H,14,15). The summed E-state index contributed by atoms with van der Waals surface area (Å²) in [5.74, 6) is 0.151. The summed E-state index contributed by atoms with van der Waals surface area (Å²) in [6.07, 6.45) is 1.08. The van der Waals surface area contributed by atoms with Crippen LogP contribution in [0, 0.1) is 5.92 Å². The van der Waals surface area contributed by atoms with E-state index in [1.54, 1.807) is 6.07 Å². The lowest BCUT2D eigenvalue weighted by Crippen LogP contribution is -2.25. The summed E-state index contributed by atoms with van der Waals surface area (Å²) in [5.41, 5.74) is 0. The van der Waals surface area contributed by atoms with Crippen LogP contribution in [0.1, 0.15) is 35.7 Å². The molecular formula is C12H17NO4.